The molecule has 0 radical (unpaired) electrons. The van der Waals surface area contributed by atoms with Crippen molar-refractivity contribution in [1.29, 1.82) is 0 Å². The quantitative estimate of drug-likeness (QED) is 0.624. The van der Waals surface area contributed by atoms with E-state index < -0.39 is 0 Å². The van der Waals surface area contributed by atoms with Crippen LogP contribution in [0.25, 0.3) is 0 Å². The standard InChI is InChI=1S/C9H12N2O/c1-4-9(12)8-5-6(2)10-7(3)11-8/h5H,4H2,1-3H3. The van der Waals surface area contributed by atoms with E-state index >= 15 is 0 Å². The molecule has 12 heavy (non-hydrogen) atoms. The van der Waals surface area contributed by atoms with Gasteiger partial charge in [-0.25, -0.2) is 9.97 Å². The summed E-state index contributed by atoms with van der Waals surface area (Å²) in [5, 5.41) is 0. The van der Waals surface area contributed by atoms with Gasteiger partial charge in [-0.3, -0.25) is 4.79 Å². The Bertz CT molecular complexity index is 287. The minimum Gasteiger partial charge on any atom is -0.292 e. The Balaban J connectivity index is 3.08. The molecule has 0 bridgehead atoms. The third-order valence-corrected chi connectivity index (χ3v) is 1.57. The first-order valence-corrected chi connectivity index (χ1v) is 3.99. The van der Waals surface area contributed by atoms with Crippen LogP contribution in [0.15, 0.2) is 6.07 Å². The molecular formula is C9H12N2O. The molecule has 0 spiro atoms. The smallest absolute Gasteiger partial charge is 0.181 e. The van der Waals surface area contributed by atoms with Gasteiger partial charge in [0.15, 0.2) is 5.78 Å². The Morgan fingerprint density at radius 3 is 2.58 bits per heavy atom. The van der Waals surface area contributed by atoms with Crippen molar-refractivity contribution in [3.8, 4) is 0 Å². The number of carbonyl (C=O) groups is 1. The van der Waals surface area contributed by atoms with Gasteiger partial charge in [0, 0.05) is 12.1 Å². The first-order chi connectivity index (χ1) is 5.63. The van der Waals surface area contributed by atoms with Crippen molar-refractivity contribution in [2.75, 3.05) is 0 Å². The number of hydrogen-bond acceptors (Lipinski definition) is 3. The maximum absolute atomic E-state index is 11.2. The van der Waals surface area contributed by atoms with Crippen LogP contribution in [0.3, 0.4) is 0 Å². The van der Waals surface area contributed by atoms with Gasteiger partial charge in [0.05, 0.1) is 0 Å². The zero-order valence-electron chi connectivity index (χ0n) is 7.59. The molecule has 0 aliphatic carbocycles. The molecule has 1 aromatic rings. The highest BCUT2D eigenvalue weighted by Gasteiger charge is 2.05. The molecule has 64 valence electrons. The van der Waals surface area contributed by atoms with Crippen molar-refractivity contribution < 1.29 is 4.79 Å². The van der Waals surface area contributed by atoms with Crippen LogP contribution in [-0.4, -0.2) is 15.8 Å². The number of hydrogen-bond donors (Lipinski definition) is 0. The zero-order valence-corrected chi connectivity index (χ0v) is 7.59. The van der Waals surface area contributed by atoms with E-state index in [-0.39, 0.29) is 5.78 Å². The predicted molar refractivity (Wildman–Crippen MR) is 46.1 cm³/mol. The van der Waals surface area contributed by atoms with Gasteiger partial charge >= 0.3 is 0 Å². The molecule has 1 aromatic heterocycles. The Hall–Kier alpha value is -1.25. The number of ketones is 1. The molecule has 3 nitrogen and oxygen atoms in total. The Morgan fingerprint density at radius 2 is 2.08 bits per heavy atom. The molecule has 0 saturated carbocycles. The highest BCUT2D eigenvalue weighted by molar-refractivity contribution is 5.93. The monoisotopic (exact) mass is 164 g/mol. The maximum Gasteiger partial charge on any atom is 0.181 e. The lowest BCUT2D eigenvalue weighted by Gasteiger charge is -1.99. The molecule has 3 heteroatoms. The maximum atomic E-state index is 11.2. The molecule has 0 aliphatic heterocycles. The highest BCUT2D eigenvalue weighted by Crippen LogP contribution is 2.02. The van der Waals surface area contributed by atoms with Crippen molar-refractivity contribution >= 4 is 5.78 Å². The number of aromatic nitrogens is 2. The van der Waals surface area contributed by atoms with Gasteiger partial charge in [-0.15, -0.1) is 0 Å². The minimum atomic E-state index is 0.0728. The average molecular weight is 164 g/mol. The van der Waals surface area contributed by atoms with Crippen LogP contribution in [-0.2, 0) is 0 Å². The van der Waals surface area contributed by atoms with E-state index in [0.717, 1.165) is 5.69 Å². The summed E-state index contributed by atoms with van der Waals surface area (Å²) >= 11 is 0. The van der Waals surface area contributed by atoms with Crippen LogP contribution in [0.2, 0.25) is 0 Å². The lowest BCUT2D eigenvalue weighted by atomic mass is 10.2. The molecule has 0 aromatic carbocycles. The van der Waals surface area contributed by atoms with Gasteiger partial charge in [-0.2, -0.15) is 0 Å². The Labute approximate surface area is 71.9 Å². The molecule has 0 amide bonds. The highest BCUT2D eigenvalue weighted by atomic mass is 16.1. The molecule has 0 saturated heterocycles. The predicted octanol–water partition coefficient (Wildman–Crippen LogP) is 1.69. The number of aryl methyl sites for hydroxylation is 2. The van der Waals surface area contributed by atoms with E-state index in [0.29, 0.717) is 17.9 Å². The first kappa shape index (κ1) is 8.84. The van der Waals surface area contributed by atoms with Gasteiger partial charge < -0.3 is 0 Å². The van der Waals surface area contributed by atoms with Gasteiger partial charge in [0.2, 0.25) is 0 Å². The summed E-state index contributed by atoms with van der Waals surface area (Å²) < 4.78 is 0. The van der Waals surface area contributed by atoms with Crippen LogP contribution in [0.5, 0.6) is 0 Å². The largest absolute Gasteiger partial charge is 0.292 e. The topological polar surface area (TPSA) is 42.9 Å². The fraction of sp³-hybridized carbons (Fsp3) is 0.444. The van der Waals surface area contributed by atoms with E-state index in [1.54, 1.807) is 13.0 Å². The van der Waals surface area contributed by atoms with E-state index in [9.17, 15) is 4.79 Å². The average Bonchev–Trinajstić information content (AvgIpc) is 2.01. The third-order valence-electron chi connectivity index (χ3n) is 1.57. The van der Waals surface area contributed by atoms with Crippen LogP contribution < -0.4 is 0 Å². The molecule has 1 heterocycles. The van der Waals surface area contributed by atoms with E-state index in [2.05, 4.69) is 9.97 Å². The molecular weight excluding hydrogens is 152 g/mol. The van der Waals surface area contributed by atoms with Crippen molar-refractivity contribution in [3.05, 3.63) is 23.3 Å². The second-order valence-corrected chi connectivity index (χ2v) is 2.72. The van der Waals surface area contributed by atoms with Gasteiger partial charge in [0.25, 0.3) is 0 Å². The van der Waals surface area contributed by atoms with Gasteiger partial charge in [0.1, 0.15) is 11.5 Å². The van der Waals surface area contributed by atoms with Crippen LogP contribution in [0, 0.1) is 13.8 Å². The van der Waals surface area contributed by atoms with E-state index in [4.69, 9.17) is 0 Å². The third kappa shape index (κ3) is 1.87. The first-order valence-electron chi connectivity index (χ1n) is 3.99. The molecule has 1 rings (SSSR count). The molecule has 0 atom stereocenters. The van der Waals surface area contributed by atoms with Crippen molar-refractivity contribution in [2.45, 2.75) is 27.2 Å². The summed E-state index contributed by atoms with van der Waals surface area (Å²) in [7, 11) is 0. The Morgan fingerprint density at radius 1 is 1.42 bits per heavy atom. The summed E-state index contributed by atoms with van der Waals surface area (Å²) in [5.41, 5.74) is 1.38. The van der Waals surface area contributed by atoms with Gasteiger partial charge in [-0.05, 0) is 19.9 Å². The van der Waals surface area contributed by atoms with Crippen molar-refractivity contribution in [1.82, 2.24) is 9.97 Å². The second-order valence-electron chi connectivity index (χ2n) is 2.72. The van der Waals surface area contributed by atoms with Crippen LogP contribution in [0.1, 0.15) is 35.4 Å². The fourth-order valence-corrected chi connectivity index (χ4v) is 1.04. The normalized spacial score (nSPS) is 9.92. The lowest BCUT2D eigenvalue weighted by molar-refractivity contribution is 0.0983. The minimum absolute atomic E-state index is 0.0728. The molecule has 0 fully saturated rings. The van der Waals surface area contributed by atoms with Crippen molar-refractivity contribution in [2.24, 2.45) is 0 Å². The fourth-order valence-electron chi connectivity index (χ4n) is 1.04. The van der Waals surface area contributed by atoms with Crippen LogP contribution >= 0.6 is 0 Å². The van der Waals surface area contributed by atoms with Crippen molar-refractivity contribution in [3.63, 3.8) is 0 Å². The SMILES string of the molecule is CCC(=O)c1cc(C)nc(C)n1. The number of carbonyl (C=O) groups excluding carboxylic acids is 1. The van der Waals surface area contributed by atoms with Crippen LogP contribution in [0.4, 0.5) is 0 Å². The lowest BCUT2D eigenvalue weighted by Crippen LogP contribution is -2.04. The van der Waals surface area contributed by atoms with E-state index in [1.165, 1.54) is 0 Å². The number of nitrogens with zero attached hydrogens (tertiary/aromatic N) is 2. The molecule has 0 unspecified atom stereocenters. The summed E-state index contributed by atoms with van der Waals surface area (Å²) in [6, 6.07) is 1.72. The summed E-state index contributed by atoms with van der Waals surface area (Å²) in [4.78, 5) is 19.4. The number of rotatable bonds is 2. The molecule has 0 aliphatic rings. The second kappa shape index (κ2) is 3.43. The number of Topliss-reactive ketones (excluding diaryl/α,β-unsaturated/α-hetero) is 1. The van der Waals surface area contributed by atoms with Gasteiger partial charge in [-0.1, -0.05) is 6.92 Å². The Kier molecular flexibility index (Phi) is 2.53. The van der Waals surface area contributed by atoms with E-state index in [1.807, 2.05) is 13.8 Å². The molecule has 0 N–H and O–H groups in total. The summed E-state index contributed by atoms with van der Waals surface area (Å²) in [6.07, 6.45) is 0.496. The zero-order chi connectivity index (χ0) is 9.14. The summed E-state index contributed by atoms with van der Waals surface area (Å²) in [6.45, 7) is 5.48. The summed E-state index contributed by atoms with van der Waals surface area (Å²) in [5.74, 6) is 0.732.